The van der Waals surface area contributed by atoms with Gasteiger partial charge in [0.15, 0.2) is 0 Å². The highest BCUT2D eigenvalue weighted by Crippen LogP contribution is 2.19. The van der Waals surface area contributed by atoms with Crippen molar-refractivity contribution in [3.63, 3.8) is 0 Å². The molecule has 5 heteroatoms. The standard InChI is InChI=1S/C9H13N3O2/c1-6(7(2)10)9-5-8(12(13)14)3-4-11-9/h3-7H,10H2,1-2H3. The molecule has 0 saturated carbocycles. The number of nitrogens with two attached hydrogens (primary N) is 1. The lowest BCUT2D eigenvalue weighted by atomic mass is 10.00. The smallest absolute Gasteiger partial charge is 0.272 e. The van der Waals surface area contributed by atoms with Crippen LogP contribution in [0.3, 0.4) is 0 Å². The number of rotatable bonds is 3. The van der Waals surface area contributed by atoms with E-state index < -0.39 is 4.92 Å². The summed E-state index contributed by atoms with van der Waals surface area (Å²) in [6.07, 6.45) is 1.44. The summed E-state index contributed by atoms with van der Waals surface area (Å²) in [6, 6.07) is 2.77. The normalized spacial score (nSPS) is 14.8. The molecular formula is C9H13N3O2. The number of nitro groups is 1. The Morgan fingerprint density at radius 3 is 2.71 bits per heavy atom. The summed E-state index contributed by atoms with van der Waals surface area (Å²) < 4.78 is 0. The van der Waals surface area contributed by atoms with E-state index in [9.17, 15) is 10.1 Å². The minimum atomic E-state index is -0.431. The van der Waals surface area contributed by atoms with Gasteiger partial charge < -0.3 is 5.73 Å². The zero-order chi connectivity index (χ0) is 10.7. The highest BCUT2D eigenvalue weighted by atomic mass is 16.6. The van der Waals surface area contributed by atoms with E-state index in [2.05, 4.69) is 4.98 Å². The van der Waals surface area contributed by atoms with Crippen LogP contribution in [-0.4, -0.2) is 15.9 Å². The first-order chi connectivity index (χ1) is 6.52. The zero-order valence-corrected chi connectivity index (χ0v) is 8.18. The average molecular weight is 195 g/mol. The lowest BCUT2D eigenvalue weighted by Crippen LogP contribution is -2.23. The van der Waals surface area contributed by atoms with Gasteiger partial charge in [-0.05, 0) is 6.92 Å². The van der Waals surface area contributed by atoms with Crippen molar-refractivity contribution >= 4 is 5.69 Å². The summed E-state index contributed by atoms with van der Waals surface area (Å²) in [5, 5.41) is 10.5. The second-order valence-electron chi connectivity index (χ2n) is 3.34. The van der Waals surface area contributed by atoms with Gasteiger partial charge in [0.25, 0.3) is 5.69 Å². The highest BCUT2D eigenvalue weighted by molar-refractivity contribution is 5.31. The molecule has 2 N–H and O–H groups in total. The van der Waals surface area contributed by atoms with Crippen LogP contribution in [0.5, 0.6) is 0 Å². The van der Waals surface area contributed by atoms with Crippen LogP contribution in [0.1, 0.15) is 25.5 Å². The molecule has 0 aliphatic rings. The average Bonchev–Trinajstić information content (AvgIpc) is 2.16. The molecule has 5 nitrogen and oxygen atoms in total. The molecule has 1 aromatic heterocycles. The fourth-order valence-corrected chi connectivity index (χ4v) is 1.07. The number of pyridine rings is 1. The van der Waals surface area contributed by atoms with Crippen molar-refractivity contribution in [1.29, 1.82) is 0 Å². The molecule has 76 valence electrons. The summed E-state index contributed by atoms with van der Waals surface area (Å²) in [6.45, 7) is 3.75. The van der Waals surface area contributed by atoms with Crippen molar-refractivity contribution in [1.82, 2.24) is 4.98 Å². The van der Waals surface area contributed by atoms with E-state index in [4.69, 9.17) is 5.73 Å². The predicted octanol–water partition coefficient (Wildman–Crippen LogP) is 1.44. The second-order valence-corrected chi connectivity index (χ2v) is 3.34. The van der Waals surface area contributed by atoms with Gasteiger partial charge in [0.05, 0.1) is 10.6 Å². The maximum absolute atomic E-state index is 10.5. The van der Waals surface area contributed by atoms with Gasteiger partial charge in [-0.1, -0.05) is 6.92 Å². The Balaban J connectivity index is 2.99. The highest BCUT2D eigenvalue weighted by Gasteiger charge is 2.15. The van der Waals surface area contributed by atoms with Crippen molar-refractivity contribution in [2.75, 3.05) is 0 Å². The molecule has 0 radical (unpaired) electrons. The molecule has 1 aromatic rings. The summed E-state index contributed by atoms with van der Waals surface area (Å²) in [4.78, 5) is 14.1. The Hall–Kier alpha value is -1.49. The number of hydrogen-bond donors (Lipinski definition) is 1. The maximum Gasteiger partial charge on any atom is 0.272 e. The third-order valence-electron chi connectivity index (χ3n) is 2.23. The minimum absolute atomic E-state index is 0.0231. The van der Waals surface area contributed by atoms with Gasteiger partial charge in [0.2, 0.25) is 0 Å². The van der Waals surface area contributed by atoms with Gasteiger partial charge >= 0.3 is 0 Å². The van der Waals surface area contributed by atoms with Crippen molar-refractivity contribution < 1.29 is 4.92 Å². The van der Waals surface area contributed by atoms with Crippen LogP contribution >= 0.6 is 0 Å². The number of nitrogens with zero attached hydrogens (tertiary/aromatic N) is 2. The first-order valence-electron chi connectivity index (χ1n) is 4.38. The van der Waals surface area contributed by atoms with Gasteiger partial charge in [-0.15, -0.1) is 0 Å². The lowest BCUT2D eigenvalue weighted by molar-refractivity contribution is -0.385. The van der Waals surface area contributed by atoms with Crippen molar-refractivity contribution in [2.45, 2.75) is 25.8 Å². The largest absolute Gasteiger partial charge is 0.327 e. The second kappa shape index (κ2) is 4.15. The van der Waals surface area contributed by atoms with Gasteiger partial charge in [-0.2, -0.15) is 0 Å². The van der Waals surface area contributed by atoms with Crippen molar-refractivity contribution in [3.05, 3.63) is 34.1 Å². The Morgan fingerprint density at radius 1 is 1.57 bits per heavy atom. The van der Waals surface area contributed by atoms with Crippen LogP contribution in [0.2, 0.25) is 0 Å². The molecule has 0 aliphatic heterocycles. The lowest BCUT2D eigenvalue weighted by Gasteiger charge is -2.13. The minimum Gasteiger partial charge on any atom is -0.327 e. The van der Waals surface area contributed by atoms with Gasteiger partial charge in [0, 0.05) is 30.3 Å². The SMILES string of the molecule is CC(N)C(C)c1cc([N+](=O)[O-])ccn1. The van der Waals surface area contributed by atoms with E-state index in [0.717, 1.165) is 0 Å². The molecule has 0 aromatic carbocycles. The van der Waals surface area contributed by atoms with Gasteiger partial charge in [0.1, 0.15) is 0 Å². The first kappa shape index (κ1) is 10.6. The molecule has 1 rings (SSSR count). The summed E-state index contributed by atoms with van der Waals surface area (Å²) in [7, 11) is 0. The molecule has 0 bridgehead atoms. The van der Waals surface area contributed by atoms with Crippen LogP contribution in [0.15, 0.2) is 18.3 Å². The molecule has 0 aliphatic carbocycles. The number of hydrogen-bond acceptors (Lipinski definition) is 4. The Kier molecular flexibility index (Phi) is 3.14. The molecule has 14 heavy (non-hydrogen) atoms. The van der Waals surface area contributed by atoms with E-state index in [1.165, 1.54) is 18.3 Å². The van der Waals surface area contributed by atoms with E-state index in [1.807, 2.05) is 13.8 Å². The predicted molar refractivity (Wildman–Crippen MR) is 53.0 cm³/mol. The van der Waals surface area contributed by atoms with Gasteiger partial charge in [-0.25, -0.2) is 0 Å². The van der Waals surface area contributed by atoms with Crippen molar-refractivity contribution in [2.24, 2.45) is 5.73 Å². The molecule has 0 amide bonds. The van der Waals surface area contributed by atoms with Crippen LogP contribution in [-0.2, 0) is 0 Å². The third kappa shape index (κ3) is 2.26. The zero-order valence-electron chi connectivity index (χ0n) is 8.18. The Morgan fingerprint density at radius 2 is 2.21 bits per heavy atom. The number of aromatic nitrogens is 1. The van der Waals surface area contributed by atoms with Crippen molar-refractivity contribution in [3.8, 4) is 0 Å². The van der Waals surface area contributed by atoms with Crippen LogP contribution in [0.25, 0.3) is 0 Å². The molecule has 0 spiro atoms. The fraction of sp³-hybridized carbons (Fsp3) is 0.444. The van der Waals surface area contributed by atoms with Crippen LogP contribution in [0.4, 0.5) is 5.69 Å². The fourth-order valence-electron chi connectivity index (χ4n) is 1.07. The quantitative estimate of drug-likeness (QED) is 0.584. The summed E-state index contributed by atoms with van der Waals surface area (Å²) in [5.74, 6) is 0.0231. The van der Waals surface area contributed by atoms with Crippen LogP contribution in [0, 0.1) is 10.1 Å². The molecular weight excluding hydrogens is 182 g/mol. The van der Waals surface area contributed by atoms with E-state index in [1.54, 1.807) is 0 Å². The summed E-state index contributed by atoms with van der Waals surface area (Å²) in [5.41, 5.74) is 6.40. The van der Waals surface area contributed by atoms with Gasteiger partial charge in [-0.3, -0.25) is 15.1 Å². The molecule has 0 saturated heterocycles. The van der Waals surface area contributed by atoms with Crippen LogP contribution < -0.4 is 5.73 Å². The first-order valence-corrected chi connectivity index (χ1v) is 4.38. The van der Waals surface area contributed by atoms with E-state index in [0.29, 0.717) is 5.69 Å². The monoisotopic (exact) mass is 195 g/mol. The molecule has 2 atom stereocenters. The molecule has 1 heterocycles. The maximum atomic E-state index is 10.5. The molecule has 2 unspecified atom stereocenters. The Labute approximate surface area is 82.1 Å². The van der Waals surface area contributed by atoms with E-state index in [-0.39, 0.29) is 17.6 Å². The summed E-state index contributed by atoms with van der Waals surface area (Å²) >= 11 is 0. The third-order valence-corrected chi connectivity index (χ3v) is 2.23. The Bertz CT molecular complexity index is 339. The molecule has 0 fully saturated rings. The topological polar surface area (TPSA) is 82.0 Å². The van der Waals surface area contributed by atoms with E-state index >= 15 is 0 Å².